The summed E-state index contributed by atoms with van der Waals surface area (Å²) in [6, 6.07) is 4.40. The Bertz CT molecular complexity index is 506. The van der Waals surface area contributed by atoms with Crippen LogP contribution in [0.1, 0.15) is 18.2 Å². The van der Waals surface area contributed by atoms with E-state index in [1.165, 1.54) is 4.88 Å². The van der Waals surface area contributed by atoms with E-state index in [0.717, 1.165) is 19.4 Å². The summed E-state index contributed by atoms with van der Waals surface area (Å²) in [5.41, 5.74) is 0. The highest BCUT2D eigenvalue weighted by Gasteiger charge is 2.05. The Morgan fingerprint density at radius 2 is 2.26 bits per heavy atom. The van der Waals surface area contributed by atoms with Crippen molar-refractivity contribution in [1.82, 2.24) is 15.0 Å². The molecule has 2 aromatic rings. The van der Waals surface area contributed by atoms with Crippen molar-refractivity contribution >= 4 is 28.9 Å². The van der Waals surface area contributed by atoms with Gasteiger partial charge in [0.05, 0.1) is 6.61 Å². The van der Waals surface area contributed by atoms with E-state index in [2.05, 4.69) is 31.7 Å². The molecule has 2 aromatic heterocycles. The molecule has 0 aliphatic carbocycles. The molecule has 0 spiro atoms. The summed E-state index contributed by atoms with van der Waals surface area (Å²) in [5.74, 6) is 0.447. The van der Waals surface area contributed by atoms with Gasteiger partial charge in [0.1, 0.15) is 0 Å². The maximum absolute atomic E-state index is 5.83. The summed E-state index contributed by atoms with van der Waals surface area (Å²) in [5, 5.41) is 5.32. The van der Waals surface area contributed by atoms with Crippen LogP contribution in [0, 0.1) is 0 Å². The molecule has 0 aliphatic rings. The maximum atomic E-state index is 5.83. The Labute approximate surface area is 121 Å². The Hall–Kier alpha value is -1.40. The monoisotopic (exact) mass is 298 g/mol. The van der Waals surface area contributed by atoms with Crippen molar-refractivity contribution in [2.45, 2.75) is 19.8 Å². The topological polar surface area (TPSA) is 59.9 Å². The molecule has 0 fully saturated rings. The zero-order chi connectivity index (χ0) is 13.5. The highest BCUT2D eigenvalue weighted by Crippen LogP contribution is 2.13. The Kier molecular flexibility index (Phi) is 5.35. The zero-order valence-electron chi connectivity index (χ0n) is 10.6. The molecule has 102 valence electrons. The number of nitrogens with one attached hydrogen (secondary N) is 1. The van der Waals surface area contributed by atoms with Gasteiger partial charge in [0, 0.05) is 11.4 Å². The molecule has 5 nitrogen and oxygen atoms in total. The lowest BCUT2D eigenvalue weighted by Crippen LogP contribution is -2.10. The van der Waals surface area contributed by atoms with Gasteiger partial charge in [-0.1, -0.05) is 13.0 Å². The number of hydrogen-bond acceptors (Lipinski definition) is 6. The maximum Gasteiger partial charge on any atom is 0.322 e. The van der Waals surface area contributed by atoms with E-state index >= 15 is 0 Å². The van der Waals surface area contributed by atoms with Gasteiger partial charge in [0.15, 0.2) is 0 Å². The minimum Gasteiger partial charge on any atom is -0.463 e. The lowest BCUT2D eigenvalue weighted by molar-refractivity contribution is 0.291. The second-order valence-electron chi connectivity index (χ2n) is 3.82. The van der Waals surface area contributed by atoms with E-state index in [9.17, 15) is 0 Å². The smallest absolute Gasteiger partial charge is 0.322 e. The fraction of sp³-hybridized carbons (Fsp3) is 0.417. The molecule has 2 rings (SSSR count). The van der Waals surface area contributed by atoms with Crippen molar-refractivity contribution in [3.8, 4) is 6.01 Å². The second-order valence-corrected chi connectivity index (χ2v) is 5.19. The van der Waals surface area contributed by atoms with Crippen molar-refractivity contribution in [2.75, 3.05) is 18.5 Å². The molecule has 0 radical (unpaired) electrons. The third kappa shape index (κ3) is 4.65. The van der Waals surface area contributed by atoms with E-state index in [4.69, 9.17) is 16.3 Å². The minimum atomic E-state index is 0.139. The molecule has 19 heavy (non-hydrogen) atoms. The van der Waals surface area contributed by atoms with Crippen LogP contribution in [0.15, 0.2) is 17.5 Å². The Morgan fingerprint density at radius 3 is 3.00 bits per heavy atom. The average molecular weight is 299 g/mol. The van der Waals surface area contributed by atoms with Crippen LogP contribution in [0.25, 0.3) is 0 Å². The van der Waals surface area contributed by atoms with Crippen molar-refractivity contribution in [3.63, 3.8) is 0 Å². The molecule has 0 unspecified atom stereocenters. The van der Waals surface area contributed by atoms with Crippen LogP contribution < -0.4 is 10.1 Å². The van der Waals surface area contributed by atoms with E-state index < -0.39 is 0 Å². The molecule has 0 bridgehead atoms. The summed E-state index contributed by atoms with van der Waals surface area (Å²) in [6.45, 7) is 3.33. The van der Waals surface area contributed by atoms with Gasteiger partial charge in [-0.2, -0.15) is 15.0 Å². The van der Waals surface area contributed by atoms with Crippen LogP contribution in [0.2, 0.25) is 5.28 Å². The van der Waals surface area contributed by atoms with Gasteiger partial charge >= 0.3 is 6.01 Å². The third-order valence-electron chi connectivity index (χ3n) is 2.26. The molecule has 7 heteroatoms. The second kappa shape index (κ2) is 7.25. The SMILES string of the molecule is CCCOc1nc(Cl)nc(NCCc2cccs2)n1. The fourth-order valence-corrected chi connectivity index (χ4v) is 2.28. The summed E-state index contributed by atoms with van der Waals surface area (Å²) in [6.07, 6.45) is 1.82. The molecule has 0 saturated carbocycles. The number of nitrogens with zero attached hydrogens (tertiary/aromatic N) is 3. The van der Waals surface area contributed by atoms with Gasteiger partial charge in [-0.25, -0.2) is 0 Å². The van der Waals surface area contributed by atoms with Crippen molar-refractivity contribution in [2.24, 2.45) is 0 Å². The third-order valence-corrected chi connectivity index (χ3v) is 3.36. The van der Waals surface area contributed by atoms with Crippen molar-refractivity contribution in [1.29, 1.82) is 0 Å². The van der Waals surface area contributed by atoms with Gasteiger partial charge in [-0.05, 0) is 35.9 Å². The Balaban J connectivity index is 1.90. The van der Waals surface area contributed by atoms with E-state index in [0.29, 0.717) is 12.6 Å². The number of halogens is 1. The van der Waals surface area contributed by atoms with Crippen molar-refractivity contribution < 1.29 is 4.74 Å². The molecular weight excluding hydrogens is 284 g/mol. The van der Waals surface area contributed by atoms with Gasteiger partial charge in [0.2, 0.25) is 11.2 Å². The standard InChI is InChI=1S/C12H15ClN4OS/c1-2-7-18-12-16-10(13)15-11(17-12)14-6-5-9-4-3-8-19-9/h3-4,8H,2,5-7H2,1H3,(H,14,15,16,17). The largest absolute Gasteiger partial charge is 0.463 e. The van der Waals surface area contributed by atoms with E-state index in [1.807, 2.05) is 13.0 Å². The Morgan fingerprint density at radius 1 is 1.37 bits per heavy atom. The number of anilines is 1. The highest BCUT2D eigenvalue weighted by atomic mass is 35.5. The van der Waals surface area contributed by atoms with Crippen LogP contribution in [0.3, 0.4) is 0 Å². The summed E-state index contributed by atoms with van der Waals surface area (Å²) in [4.78, 5) is 13.4. The van der Waals surface area contributed by atoms with Gasteiger partial charge in [0.25, 0.3) is 0 Å². The number of thiophene rings is 1. The molecule has 0 aliphatic heterocycles. The predicted octanol–water partition coefficient (Wildman–Crippen LogP) is 3.03. The molecule has 0 aromatic carbocycles. The first-order valence-electron chi connectivity index (χ1n) is 6.08. The summed E-state index contributed by atoms with van der Waals surface area (Å²) < 4.78 is 5.34. The van der Waals surface area contributed by atoms with Crippen LogP contribution in [-0.2, 0) is 6.42 Å². The number of ether oxygens (including phenoxy) is 1. The molecule has 1 N–H and O–H groups in total. The van der Waals surface area contributed by atoms with Gasteiger partial charge < -0.3 is 10.1 Å². The molecule has 0 amide bonds. The summed E-state index contributed by atoms with van der Waals surface area (Å²) >= 11 is 7.56. The number of hydrogen-bond donors (Lipinski definition) is 1. The van der Waals surface area contributed by atoms with Crippen LogP contribution in [-0.4, -0.2) is 28.1 Å². The van der Waals surface area contributed by atoms with Gasteiger partial charge in [-0.3, -0.25) is 0 Å². The number of rotatable bonds is 7. The molecular formula is C12H15ClN4OS. The zero-order valence-corrected chi connectivity index (χ0v) is 12.2. The van der Waals surface area contributed by atoms with E-state index in [1.54, 1.807) is 11.3 Å². The molecule has 0 saturated heterocycles. The van der Waals surface area contributed by atoms with Crippen LogP contribution in [0.4, 0.5) is 5.95 Å². The fourth-order valence-electron chi connectivity index (χ4n) is 1.42. The molecule has 2 heterocycles. The quantitative estimate of drug-likeness (QED) is 0.851. The number of aromatic nitrogens is 3. The highest BCUT2D eigenvalue weighted by molar-refractivity contribution is 7.09. The minimum absolute atomic E-state index is 0.139. The first kappa shape index (κ1) is 14.0. The predicted molar refractivity (Wildman–Crippen MR) is 77.1 cm³/mol. The van der Waals surface area contributed by atoms with Crippen molar-refractivity contribution in [3.05, 3.63) is 27.7 Å². The molecule has 0 atom stereocenters. The van der Waals surface area contributed by atoms with Crippen LogP contribution in [0.5, 0.6) is 6.01 Å². The first-order chi connectivity index (χ1) is 9.28. The van der Waals surface area contributed by atoms with Crippen LogP contribution >= 0.6 is 22.9 Å². The first-order valence-corrected chi connectivity index (χ1v) is 7.34. The average Bonchev–Trinajstić information content (AvgIpc) is 2.89. The lowest BCUT2D eigenvalue weighted by atomic mass is 10.3. The summed E-state index contributed by atoms with van der Waals surface area (Å²) in [7, 11) is 0. The van der Waals surface area contributed by atoms with E-state index in [-0.39, 0.29) is 11.3 Å². The lowest BCUT2D eigenvalue weighted by Gasteiger charge is -2.06. The normalized spacial score (nSPS) is 10.4. The van der Waals surface area contributed by atoms with Gasteiger partial charge in [-0.15, -0.1) is 11.3 Å².